The van der Waals surface area contributed by atoms with Crippen LogP contribution in [-0.2, 0) is 12.8 Å². The highest BCUT2D eigenvalue weighted by atomic mass is 16.4. The van der Waals surface area contributed by atoms with Gasteiger partial charge >= 0.3 is 5.97 Å². The van der Waals surface area contributed by atoms with Gasteiger partial charge in [-0.05, 0) is 49.1 Å². The SMILES string of the molecule is Cc1cc2c(C(=O)O)cc(CCc3ccccc3)n2c2ccccc12. The monoisotopic (exact) mass is 329 g/mol. The van der Waals surface area contributed by atoms with Gasteiger partial charge in [0.15, 0.2) is 0 Å². The molecule has 0 aliphatic carbocycles. The molecule has 0 bridgehead atoms. The van der Waals surface area contributed by atoms with E-state index in [-0.39, 0.29) is 0 Å². The van der Waals surface area contributed by atoms with Crippen molar-refractivity contribution in [2.75, 3.05) is 0 Å². The molecule has 1 N–H and O–H groups in total. The van der Waals surface area contributed by atoms with Gasteiger partial charge in [-0.15, -0.1) is 0 Å². The Hall–Kier alpha value is -3.07. The highest BCUT2D eigenvalue weighted by molar-refractivity contribution is 5.99. The number of hydrogen-bond donors (Lipinski definition) is 1. The van der Waals surface area contributed by atoms with Gasteiger partial charge in [0, 0.05) is 11.1 Å². The molecule has 3 heteroatoms. The van der Waals surface area contributed by atoms with Gasteiger partial charge in [0.25, 0.3) is 0 Å². The maximum absolute atomic E-state index is 11.7. The van der Waals surface area contributed by atoms with E-state index in [9.17, 15) is 9.90 Å². The standard InChI is InChI=1S/C22H19NO2/c1-15-13-21-19(22(24)25)14-17(12-11-16-7-3-2-4-8-16)23(21)20-10-6-5-9-18(15)20/h2-10,13-14H,11-12H2,1H3,(H,24,25). The van der Waals surface area contributed by atoms with Gasteiger partial charge in [-0.3, -0.25) is 0 Å². The van der Waals surface area contributed by atoms with E-state index < -0.39 is 5.97 Å². The van der Waals surface area contributed by atoms with Crippen LogP contribution < -0.4 is 0 Å². The number of carboxylic acid groups (broad SMARTS) is 1. The van der Waals surface area contributed by atoms with E-state index in [0.717, 1.165) is 40.5 Å². The molecular formula is C22H19NO2. The van der Waals surface area contributed by atoms with Crippen molar-refractivity contribution in [2.24, 2.45) is 0 Å². The first-order chi connectivity index (χ1) is 12.1. The zero-order valence-corrected chi connectivity index (χ0v) is 14.1. The zero-order chi connectivity index (χ0) is 17.4. The predicted octanol–water partition coefficient (Wildman–Crippen LogP) is 4.88. The van der Waals surface area contributed by atoms with Crippen LogP contribution in [0.15, 0.2) is 66.7 Å². The molecule has 0 aliphatic heterocycles. The second kappa shape index (κ2) is 6.10. The van der Waals surface area contributed by atoms with Crippen LogP contribution >= 0.6 is 0 Å². The summed E-state index contributed by atoms with van der Waals surface area (Å²) in [6.07, 6.45) is 1.68. The highest BCUT2D eigenvalue weighted by Crippen LogP contribution is 2.27. The molecule has 0 atom stereocenters. The number of aromatic carboxylic acids is 1. The Morgan fingerprint density at radius 3 is 2.40 bits per heavy atom. The van der Waals surface area contributed by atoms with Crippen LogP contribution in [0.2, 0.25) is 0 Å². The molecule has 0 amide bonds. The number of para-hydroxylation sites is 1. The smallest absolute Gasteiger partial charge is 0.337 e. The minimum absolute atomic E-state index is 0.372. The number of nitrogens with zero attached hydrogens (tertiary/aromatic N) is 1. The predicted molar refractivity (Wildman–Crippen MR) is 100 cm³/mol. The molecule has 0 radical (unpaired) electrons. The molecule has 0 fully saturated rings. The lowest BCUT2D eigenvalue weighted by Gasteiger charge is -2.10. The van der Waals surface area contributed by atoms with E-state index >= 15 is 0 Å². The normalized spacial score (nSPS) is 11.2. The van der Waals surface area contributed by atoms with Crippen LogP contribution in [0.1, 0.15) is 27.2 Å². The molecule has 2 aromatic carbocycles. The summed E-state index contributed by atoms with van der Waals surface area (Å²) in [4.78, 5) is 11.7. The molecule has 25 heavy (non-hydrogen) atoms. The first kappa shape index (κ1) is 15.5. The van der Waals surface area contributed by atoms with Crippen LogP contribution in [0.4, 0.5) is 0 Å². The van der Waals surface area contributed by atoms with Crippen molar-refractivity contribution in [3.8, 4) is 0 Å². The number of hydrogen-bond acceptors (Lipinski definition) is 1. The maximum atomic E-state index is 11.7. The quantitative estimate of drug-likeness (QED) is 0.579. The summed E-state index contributed by atoms with van der Waals surface area (Å²) in [5.74, 6) is -0.877. The van der Waals surface area contributed by atoms with Gasteiger partial charge in [0.1, 0.15) is 0 Å². The molecule has 3 nitrogen and oxygen atoms in total. The topological polar surface area (TPSA) is 41.7 Å². The van der Waals surface area contributed by atoms with Crippen molar-refractivity contribution in [1.82, 2.24) is 4.40 Å². The third kappa shape index (κ3) is 2.68. The number of carboxylic acids is 1. The van der Waals surface area contributed by atoms with Crippen molar-refractivity contribution in [3.63, 3.8) is 0 Å². The highest BCUT2D eigenvalue weighted by Gasteiger charge is 2.17. The minimum Gasteiger partial charge on any atom is -0.478 e. The second-order valence-corrected chi connectivity index (χ2v) is 6.41. The van der Waals surface area contributed by atoms with E-state index in [2.05, 4.69) is 28.7 Å². The number of aromatic nitrogens is 1. The Labute approximate surface area is 146 Å². The van der Waals surface area contributed by atoms with Crippen LogP contribution in [0, 0.1) is 6.92 Å². The van der Waals surface area contributed by atoms with Crippen LogP contribution in [0.3, 0.4) is 0 Å². The zero-order valence-electron chi connectivity index (χ0n) is 14.1. The molecule has 0 saturated carbocycles. The molecule has 2 aromatic heterocycles. The summed E-state index contributed by atoms with van der Waals surface area (Å²) in [6.45, 7) is 2.03. The van der Waals surface area contributed by atoms with Gasteiger partial charge in [-0.25, -0.2) is 4.79 Å². The van der Waals surface area contributed by atoms with Gasteiger partial charge < -0.3 is 9.51 Å². The van der Waals surface area contributed by atoms with Crippen molar-refractivity contribution in [1.29, 1.82) is 0 Å². The lowest BCUT2D eigenvalue weighted by Crippen LogP contribution is -1.99. The van der Waals surface area contributed by atoms with Gasteiger partial charge in [0.05, 0.1) is 16.6 Å². The third-order valence-corrected chi connectivity index (χ3v) is 4.78. The van der Waals surface area contributed by atoms with Gasteiger partial charge in [0.2, 0.25) is 0 Å². The molecule has 124 valence electrons. The number of carbonyl (C=O) groups is 1. The largest absolute Gasteiger partial charge is 0.478 e. The Bertz CT molecular complexity index is 1080. The Kier molecular flexibility index (Phi) is 3.77. The van der Waals surface area contributed by atoms with Crippen molar-refractivity contribution in [3.05, 3.63) is 89.1 Å². The summed E-state index contributed by atoms with van der Waals surface area (Å²) in [5.41, 5.74) is 5.59. The van der Waals surface area contributed by atoms with E-state index in [1.54, 1.807) is 0 Å². The molecule has 2 heterocycles. The second-order valence-electron chi connectivity index (χ2n) is 6.41. The van der Waals surface area contributed by atoms with E-state index in [1.165, 1.54) is 5.56 Å². The molecule has 4 rings (SSSR count). The van der Waals surface area contributed by atoms with Crippen molar-refractivity contribution >= 4 is 22.4 Å². The van der Waals surface area contributed by atoms with Gasteiger partial charge in [-0.2, -0.15) is 0 Å². The van der Waals surface area contributed by atoms with E-state index in [1.807, 2.05) is 49.4 Å². The molecule has 0 unspecified atom stereocenters. The number of benzene rings is 2. The number of rotatable bonds is 4. The molecular weight excluding hydrogens is 310 g/mol. The number of fused-ring (bicyclic) bond motifs is 3. The third-order valence-electron chi connectivity index (χ3n) is 4.78. The van der Waals surface area contributed by atoms with Crippen molar-refractivity contribution < 1.29 is 9.90 Å². The lowest BCUT2D eigenvalue weighted by molar-refractivity contribution is 0.0699. The van der Waals surface area contributed by atoms with Crippen LogP contribution in [0.5, 0.6) is 0 Å². The summed E-state index contributed by atoms with van der Waals surface area (Å²) < 4.78 is 2.11. The first-order valence-corrected chi connectivity index (χ1v) is 8.45. The molecule has 0 aliphatic rings. The average molecular weight is 329 g/mol. The van der Waals surface area contributed by atoms with E-state index in [0.29, 0.717) is 5.56 Å². The summed E-state index contributed by atoms with van der Waals surface area (Å²) >= 11 is 0. The average Bonchev–Trinajstić information content (AvgIpc) is 3.00. The summed E-state index contributed by atoms with van der Waals surface area (Å²) in [5, 5.41) is 10.8. The Balaban J connectivity index is 1.91. The Morgan fingerprint density at radius 2 is 1.64 bits per heavy atom. The maximum Gasteiger partial charge on any atom is 0.337 e. The fraction of sp³-hybridized carbons (Fsp3) is 0.136. The fourth-order valence-corrected chi connectivity index (χ4v) is 3.56. The van der Waals surface area contributed by atoms with Crippen LogP contribution in [0.25, 0.3) is 16.4 Å². The fourth-order valence-electron chi connectivity index (χ4n) is 3.56. The Morgan fingerprint density at radius 1 is 0.920 bits per heavy atom. The minimum atomic E-state index is -0.877. The summed E-state index contributed by atoms with van der Waals surface area (Å²) in [7, 11) is 0. The van der Waals surface area contributed by atoms with Crippen LogP contribution in [-0.4, -0.2) is 15.5 Å². The molecule has 0 spiro atoms. The van der Waals surface area contributed by atoms with E-state index in [4.69, 9.17) is 0 Å². The first-order valence-electron chi connectivity index (χ1n) is 8.45. The molecule has 0 saturated heterocycles. The number of pyridine rings is 1. The number of aryl methyl sites for hydroxylation is 3. The lowest BCUT2D eigenvalue weighted by atomic mass is 10.1. The molecule has 4 aromatic rings. The van der Waals surface area contributed by atoms with Gasteiger partial charge in [-0.1, -0.05) is 48.5 Å². The summed E-state index contributed by atoms with van der Waals surface area (Å²) in [6, 6.07) is 22.3. The van der Waals surface area contributed by atoms with Crippen molar-refractivity contribution in [2.45, 2.75) is 19.8 Å².